The first-order chi connectivity index (χ1) is 15.5. The summed E-state index contributed by atoms with van der Waals surface area (Å²) in [5.41, 5.74) is 2.90. The number of thioether (sulfide) groups is 1. The summed E-state index contributed by atoms with van der Waals surface area (Å²) in [6, 6.07) is 17.7. The molecule has 0 radical (unpaired) electrons. The van der Waals surface area contributed by atoms with Gasteiger partial charge in [0.25, 0.3) is 5.91 Å². The van der Waals surface area contributed by atoms with Crippen LogP contribution in [0.2, 0.25) is 0 Å². The lowest BCUT2D eigenvalue weighted by atomic mass is 10.1. The third-order valence-electron chi connectivity index (χ3n) is 4.72. The molecule has 160 valence electrons. The van der Waals surface area contributed by atoms with Crippen LogP contribution in [-0.2, 0) is 17.9 Å². The van der Waals surface area contributed by atoms with Crippen LogP contribution in [0.4, 0.5) is 0 Å². The van der Waals surface area contributed by atoms with E-state index in [1.807, 2.05) is 42.5 Å². The average molecular weight is 463 g/mol. The molecule has 0 bridgehead atoms. The minimum absolute atomic E-state index is 0.117. The SMILES string of the molecule is O=C(O)c1ccc(COc2ccc(/C=C3\SC(=S)N(Cc4cccnc4)C3=O)cc2)cc1. The first kappa shape index (κ1) is 21.7. The number of thiocarbonyl (C=S) groups is 1. The van der Waals surface area contributed by atoms with Crippen LogP contribution in [0.25, 0.3) is 6.08 Å². The van der Waals surface area contributed by atoms with Crippen molar-refractivity contribution in [1.82, 2.24) is 9.88 Å². The highest BCUT2D eigenvalue weighted by molar-refractivity contribution is 8.26. The molecule has 0 spiro atoms. The van der Waals surface area contributed by atoms with Gasteiger partial charge < -0.3 is 9.84 Å². The van der Waals surface area contributed by atoms with Crippen LogP contribution >= 0.6 is 24.0 Å². The van der Waals surface area contributed by atoms with E-state index < -0.39 is 5.97 Å². The second-order valence-electron chi connectivity index (χ2n) is 6.99. The summed E-state index contributed by atoms with van der Waals surface area (Å²) >= 11 is 6.67. The predicted octanol–water partition coefficient (Wildman–Crippen LogP) is 4.76. The Bertz CT molecular complexity index is 1180. The van der Waals surface area contributed by atoms with E-state index in [4.69, 9.17) is 22.1 Å². The smallest absolute Gasteiger partial charge is 0.335 e. The molecule has 6 nitrogen and oxygen atoms in total. The molecule has 0 aliphatic carbocycles. The third kappa shape index (κ3) is 5.22. The summed E-state index contributed by atoms with van der Waals surface area (Å²) in [6.07, 6.45) is 5.23. The molecule has 0 unspecified atom stereocenters. The van der Waals surface area contributed by atoms with Gasteiger partial charge in [0.05, 0.1) is 17.0 Å². The number of benzene rings is 2. The minimum atomic E-state index is -0.956. The maximum atomic E-state index is 12.8. The highest BCUT2D eigenvalue weighted by atomic mass is 32.2. The molecule has 1 N–H and O–H groups in total. The monoisotopic (exact) mass is 462 g/mol. The van der Waals surface area contributed by atoms with Crippen LogP contribution in [0, 0.1) is 0 Å². The summed E-state index contributed by atoms with van der Waals surface area (Å²) in [4.78, 5) is 29.9. The molecule has 1 aromatic heterocycles. The van der Waals surface area contributed by atoms with E-state index in [0.29, 0.717) is 28.1 Å². The second kappa shape index (κ2) is 9.76. The van der Waals surface area contributed by atoms with Crippen molar-refractivity contribution < 1.29 is 19.4 Å². The molecular formula is C24H18N2O4S2. The van der Waals surface area contributed by atoms with Gasteiger partial charge in [0.15, 0.2) is 0 Å². The van der Waals surface area contributed by atoms with Gasteiger partial charge in [-0.2, -0.15) is 0 Å². The van der Waals surface area contributed by atoms with Gasteiger partial charge >= 0.3 is 5.97 Å². The van der Waals surface area contributed by atoms with E-state index in [9.17, 15) is 9.59 Å². The maximum Gasteiger partial charge on any atom is 0.335 e. The normalized spacial score (nSPS) is 14.8. The third-order valence-corrected chi connectivity index (χ3v) is 6.10. The van der Waals surface area contributed by atoms with Crippen LogP contribution < -0.4 is 4.74 Å². The number of ether oxygens (including phenoxy) is 1. The van der Waals surface area contributed by atoms with Crippen molar-refractivity contribution in [2.24, 2.45) is 0 Å². The van der Waals surface area contributed by atoms with Gasteiger partial charge in [-0.15, -0.1) is 0 Å². The summed E-state index contributed by atoms with van der Waals surface area (Å²) in [5.74, 6) is -0.399. The number of hydrogen-bond donors (Lipinski definition) is 1. The first-order valence-electron chi connectivity index (χ1n) is 9.69. The molecule has 3 aromatic rings. The van der Waals surface area contributed by atoms with Crippen LogP contribution in [0.15, 0.2) is 78.0 Å². The molecule has 2 heterocycles. The number of carboxylic acids is 1. The molecule has 1 fully saturated rings. The minimum Gasteiger partial charge on any atom is -0.489 e. The van der Waals surface area contributed by atoms with Gasteiger partial charge in [-0.1, -0.05) is 54.3 Å². The number of nitrogens with zero attached hydrogens (tertiary/aromatic N) is 2. The molecule has 1 aliphatic heterocycles. The molecular weight excluding hydrogens is 444 g/mol. The molecule has 2 aromatic carbocycles. The van der Waals surface area contributed by atoms with Crippen LogP contribution in [0.3, 0.4) is 0 Å². The lowest BCUT2D eigenvalue weighted by Gasteiger charge is -2.13. The molecule has 32 heavy (non-hydrogen) atoms. The van der Waals surface area contributed by atoms with Crippen molar-refractivity contribution in [1.29, 1.82) is 0 Å². The number of hydrogen-bond acceptors (Lipinski definition) is 6. The lowest BCUT2D eigenvalue weighted by Crippen LogP contribution is -2.27. The van der Waals surface area contributed by atoms with Crippen LogP contribution in [-0.4, -0.2) is 31.2 Å². The Hall–Kier alpha value is -3.49. The lowest BCUT2D eigenvalue weighted by molar-refractivity contribution is -0.122. The molecule has 0 atom stereocenters. The zero-order valence-electron chi connectivity index (χ0n) is 16.8. The zero-order chi connectivity index (χ0) is 22.5. The van der Waals surface area contributed by atoms with Crippen LogP contribution in [0.1, 0.15) is 27.0 Å². The number of carboxylic acid groups (broad SMARTS) is 1. The second-order valence-corrected chi connectivity index (χ2v) is 8.66. The van der Waals surface area contributed by atoms with Crippen molar-refractivity contribution >= 4 is 46.3 Å². The summed E-state index contributed by atoms with van der Waals surface area (Å²) in [5, 5.41) is 8.95. The fourth-order valence-electron chi connectivity index (χ4n) is 3.03. The van der Waals surface area contributed by atoms with Crippen LogP contribution in [0.5, 0.6) is 5.75 Å². The highest BCUT2D eigenvalue weighted by Crippen LogP contribution is 2.33. The van der Waals surface area contributed by atoms with Gasteiger partial charge in [-0.3, -0.25) is 14.7 Å². The molecule has 1 saturated heterocycles. The summed E-state index contributed by atoms with van der Waals surface area (Å²) in [6.45, 7) is 0.725. The number of pyridine rings is 1. The molecule has 1 aliphatic rings. The Balaban J connectivity index is 1.38. The number of aromatic carboxylic acids is 1. The van der Waals surface area contributed by atoms with Crippen molar-refractivity contribution in [2.75, 3.05) is 0 Å². The van der Waals surface area contributed by atoms with Crippen molar-refractivity contribution in [3.63, 3.8) is 0 Å². The van der Waals surface area contributed by atoms with Gasteiger partial charge in [0.1, 0.15) is 16.7 Å². The van der Waals surface area contributed by atoms with Gasteiger partial charge in [0, 0.05) is 12.4 Å². The van der Waals surface area contributed by atoms with E-state index in [-0.39, 0.29) is 11.5 Å². The van der Waals surface area contributed by atoms with Gasteiger partial charge in [-0.05, 0) is 53.1 Å². The number of carbonyl (C=O) groups is 2. The zero-order valence-corrected chi connectivity index (χ0v) is 18.4. The van der Waals surface area contributed by atoms with Crippen molar-refractivity contribution in [2.45, 2.75) is 13.2 Å². The van der Waals surface area contributed by atoms with Crippen molar-refractivity contribution in [3.05, 3.63) is 100 Å². The largest absolute Gasteiger partial charge is 0.489 e. The molecule has 8 heteroatoms. The number of amides is 1. The average Bonchev–Trinajstić information content (AvgIpc) is 3.07. The first-order valence-corrected chi connectivity index (χ1v) is 10.9. The Morgan fingerprint density at radius 1 is 1.09 bits per heavy atom. The Morgan fingerprint density at radius 2 is 1.84 bits per heavy atom. The van der Waals surface area contributed by atoms with Gasteiger partial charge in [-0.25, -0.2) is 4.79 Å². The van der Waals surface area contributed by atoms with E-state index in [1.165, 1.54) is 11.8 Å². The Kier molecular flexibility index (Phi) is 6.63. The summed E-state index contributed by atoms with van der Waals surface area (Å²) in [7, 11) is 0. The number of carbonyl (C=O) groups excluding carboxylic acids is 1. The topological polar surface area (TPSA) is 79.7 Å². The molecule has 0 saturated carbocycles. The summed E-state index contributed by atoms with van der Waals surface area (Å²) < 4.78 is 6.29. The number of aromatic nitrogens is 1. The van der Waals surface area contributed by atoms with E-state index in [2.05, 4.69) is 4.98 Å². The fraction of sp³-hybridized carbons (Fsp3) is 0.0833. The van der Waals surface area contributed by atoms with E-state index in [1.54, 1.807) is 41.6 Å². The van der Waals surface area contributed by atoms with E-state index >= 15 is 0 Å². The Morgan fingerprint density at radius 3 is 2.50 bits per heavy atom. The number of rotatable bonds is 7. The maximum absolute atomic E-state index is 12.8. The highest BCUT2D eigenvalue weighted by Gasteiger charge is 2.31. The fourth-order valence-corrected chi connectivity index (χ4v) is 4.29. The molecule has 1 amide bonds. The predicted molar refractivity (Wildman–Crippen MR) is 127 cm³/mol. The Labute approximate surface area is 194 Å². The standard InChI is InChI=1S/C24H18N2O4S2/c27-22-21(32-24(31)26(22)14-18-2-1-11-25-13-18)12-16-5-9-20(10-6-16)30-15-17-3-7-19(8-4-17)23(28)29/h1-13H,14-15H2,(H,28,29)/b21-12-. The van der Waals surface area contributed by atoms with Gasteiger partial charge in [0.2, 0.25) is 0 Å². The molecule has 4 rings (SSSR count). The quantitative estimate of drug-likeness (QED) is 0.401. The van der Waals surface area contributed by atoms with E-state index in [0.717, 1.165) is 16.7 Å². The van der Waals surface area contributed by atoms with Crippen molar-refractivity contribution in [3.8, 4) is 5.75 Å².